The zero-order valence-corrected chi connectivity index (χ0v) is 14.3. The van der Waals surface area contributed by atoms with Crippen LogP contribution < -0.4 is 5.32 Å². The van der Waals surface area contributed by atoms with Crippen molar-refractivity contribution in [1.82, 2.24) is 29.6 Å². The maximum Gasteiger partial charge on any atom is 0.146 e. The highest BCUT2D eigenvalue weighted by molar-refractivity contribution is 5.14. The van der Waals surface area contributed by atoms with Crippen LogP contribution in [-0.4, -0.2) is 30.4 Å². The first-order chi connectivity index (χ1) is 11.7. The lowest BCUT2D eigenvalue weighted by Gasteiger charge is -2.15. The fraction of sp³-hybridized carbons (Fsp3) is 0.389. The molecule has 1 atom stereocenters. The number of hydrogen-bond donors (Lipinski definition) is 1. The van der Waals surface area contributed by atoms with E-state index in [2.05, 4.69) is 60.8 Å². The average Bonchev–Trinajstić information content (AvgIpc) is 3.21. The molecule has 1 aromatic carbocycles. The zero-order chi connectivity index (χ0) is 16.8. The van der Waals surface area contributed by atoms with Crippen molar-refractivity contribution in [3.63, 3.8) is 0 Å². The first-order valence-electron chi connectivity index (χ1n) is 8.34. The Morgan fingerprint density at radius 2 is 2.00 bits per heavy atom. The lowest BCUT2D eigenvalue weighted by atomic mass is 10.1. The SMILES string of the molecule is Cc1nccn1C[C@H](C)NCc1nncn1CCc1ccccc1. The minimum absolute atomic E-state index is 0.331. The molecule has 2 heterocycles. The molecule has 0 saturated carbocycles. The molecule has 0 unspecified atom stereocenters. The zero-order valence-electron chi connectivity index (χ0n) is 14.3. The summed E-state index contributed by atoms with van der Waals surface area (Å²) >= 11 is 0. The fourth-order valence-electron chi connectivity index (χ4n) is 2.72. The third kappa shape index (κ3) is 4.29. The minimum atomic E-state index is 0.331. The van der Waals surface area contributed by atoms with Gasteiger partial charge in [-0.3, -0.25) is 0 Å². The fourth-order valence-corrected chi connectivity index (χ4v) is 2.72. The van der Waals surface area contributed by atoms with Gasteiger partial charge in [0.2, 0.25) is 0 Å². The number of benzene rings is 1. The molecule has 0 saturated heterocycles. The highest BCUT2D eigenvalue weighted by atomic mass is 15.3. The molecule has 6 nitrogen and oxygen atoms in total. The summed E-state index contributed by atoms with van der Waals surface area (Å²) in [5.41, 5.74) is 1.33. The molecule has 3 rings (SSSR count). The van der Waals surface area contributed by atoms with Crippen molar-refractivity contribution in [2.24, 2.45) is 0 Å². The quantitative estimate of drug-likeness (QED) is 0.690. The number of aromatic nitrogens is 5. The van der Waals surface area contributed by atoms with E-state index in [0.29, 0.717) is 12.6 Å². The van der Waals surface area contributed by atoms with E-state index in [9.17, 15) is 0 Å². The Hall–Kier alpha value is -2.47. The molecule has 0 spiro atoms. The van der Waals surface area contributed by atoms with Gasteiger partial charge in [0, 0.05) is 31.5 Å². The average molecular weight is 324 g/mol. The topological polar surface area (TPSA) is 60.6 Å². The maximum atomic E-state index is 4.26. The third-order valence-corrected chi connectivity index (χ3v) is 4.18. The summed E-state index contributed by atoms with van der Waals surface area (Å²) in [5, 5.41) is 11.8. The van der Waals surface area contributed by atoms with E-state index in [-0.39, 0.29) is 0 Å². The molecule has 0 bridgehead atoms. The molecule has 0 radical (unpaired) electrons. The lowest BCUT2D eigenvalue weighted by Crippen LogP contribution is -2.31. The van der Waals surface area contributed by atoms with Crippen LogP contribution in [0.5, 0.6) is 0 Å². The van der Waals surface area contributed by atoms with E-state index in [1.165, 1.54) is 5.56 Å². The van der Waals surface area contributed by atoms with E-state index in [1.807, 2.05) is 31.7 Å². The van der Waals surface area contributed by atoms with E-state index in [4.69, 9.17) is 0 Å². The van der Waals surface area contributed by atoms with E-state index in [1.54, 1.807) is 0 Å². The minimum Gasteiger partial charge on any atom is -0.334 e. The van der Waals surface area contributed by atoms with Crippen molar-refractivity contribution < 1.29 is 0 Å². The Morgan fingerprint density at radius 3 is 2.75 bits per heavy atom. The molecule has 0 aliphatic heterocycles. The number of aryl methyl sites for hydroxylation is 3. The van der Waals surface area contributed by atoms with Crippen LogP contribution in [0.15, 0.2) is 49.1 Å². The summed E-state index contributed by atoms with van der Waals surface area (Å²) in [6.07, 6.45) is 6.64. The summed E-state index contributed by atoms with van der Waals surface area (Å²) in [6, 6.07) is 10.8. The first kappa shape index (κ1) is 16.4. The monoisotopic (exact) mass is 324 g/mol. The number of nitrogens with zero attached hydrogens (tertiary/aromatic N) is 5. The molecular formula is C18H24N6. The summed E-state index contributed by atoms with van der Waals surface area (Å²) in [4.78, 5) is 4.26. The van der Waals surface area contributed by atoms with Gasteiger partial charge in [0.05, 0.1) is 6.54 Å². The smallest absolute Gasteiger partial charge is 0.146 e. The molecule has 0 aliphatic rings. The Bertz CT molecular complexity index is 746. The van der Waals surface area contributed by atoms with Gasteiger partial charge in [-0.2, -0.15) is 0 Å². The van der Waals surface area contributed by atoms with Crippen LogP contribution in [0.2, 0.25) is 0 Å². The highest BCUT2D eigenvalue weighted by Crippen LogP contribution is 2.04. The standard InChI is InChI=1S/C18H24N6/c1-15(13-23-11-9-19-16(23)2)20-12-18-22-21-14-24(18)10-8-17-6-4-3-5-7-17/h3-7,9,11,14-15,20H,8,10,12-13H2,1-2H3/t15-/m0/s1. The van der Waals surface area contributed by atoms with Gasteiger partial charge in [0.25, 0.3) is 0 Å². The highest BCUT2D eigenvalue weighted by Gasteiger charge is 2.08. The van der Waals surface area contributed by atoms with Crippen LogP contribution >= 0.6 is 0 Å². The van der Waals surface area contributed by atoms with Crippen LogP contribution in [0.1, 0.15) is 24.1 Å². The van der Waals surface area contributed by atoms with Crippen LogP contribution in [-0.2, 0) is 26.1 Å². The van der Waals surface area contributed by atoms with E-state index >= 15 is 0 Å². The summed E-state index contributed by atoms with van der Waals surface area (Å²) in [6.45, 7) is 6.69. The molecule has 6 heteroatoms. The van der Waals surface area contributed by atoms with Crippen molar-refractivity contribution >= 4 is 0 Å². The lowest BCUT2D eigenvalue weighted by molar-refractivity contribution is 0.456. The molecule has 1 N–H and O–H groups in total. The van der Waals surface area contributed by atoms with Gasteiger partial charge in [-0.05, 0) is 25.8 Å². The second kappa shape index (κ2) is 7.88. The molecule has 3 aromatic rings. The van der Waals surface area contributed by atoms with Crippen LogP contribution in [0.3, 0.4) is 0 Å². The predicted octanol–water partition coefficient (Wildman–Crippen LogP) is 2.20. The van der Waals surface area contributed by atoms with Crippen molar-refractivity contribution in [3.8, 4) is 0 Å². The molecule has 2 aromatic heterocycles. The number of imidazole rings is 1. The number of rotatable bonds is 8. The van der Waals surface area contributed by atoms with E-state index < -0.39 is 0 Å². The Balaban J connectivity index is 1.51. The van der Waals surface area contributed by atoms with E-state index in [0.717, 1.165) is 31.2 Å². The van der Waals surface area contributed by atoms with Gasteiger partial charge in [-0.25, -0.2) is 4.98 Å². The Kier molecular flexibility index (Phi) is 5.38. The molecule has 0 aliphatic carbocycles. The number of hydrogen-bond acceptors (Lipinski definition) is 4. The largest absolute Gasteiger partial charge is 0.334 e. The van der Waals surface area contributed by atoms with Crippen LogP contribution in [0, 0.1) is 6.92 Å². The Morgan fingerprint density at radius 1 is 1.17 bits per heavy atom. The molecule has 0 fully saturated rings. The summed E-state index contributed by atoms with van der Waals surface area (Å²) < 4.78 is 4.27. The van der Waals surface area contributed by atoms with Crippen LogP contribution in [0.25, 0.3) is 0 Å². The number of nitrogens with one attached hydrogen (secondary N) is 1. The summed E-state index contributed by atoms with van der Waals surface area (Å²) in [7, 11) is 0. The van der Waals surface area contributed by atoms with Crippen molar-refractivity contribution in [3.05, 3.63) is 66.3 Å². The summed E-state index contributed by atoms with van der Waals surface area (Å²) in [5.74, 6) is 2.01. The van der Waals surface area contributed by atoms with Gasteiger partial charge in [0.15, 0.2) is 0 Å². The molecular weight excluding hydrogens is 300 g/mol. The Labute approximate surface area is 142 Å². The molecule has 0 amide bonds. The normalized spacial score (nSPS) is 12.4. The first-order valence-corrected chi connectivity index (χ1v) is 8.34. The predicted molar refractivity (Wildman–Crippen MR) is 93.4 cm³/mol. The van der Waals surface area contributed by atoms with Crippen molar-refractivity contribution in [2.75, 3.05) is 0 Å². The second-order valence-corrected chi connectivity index (χ2v) is 6.08. The van der Waals surface area contributed by atoms with Gasteiger partial charge in [-0.15, -0.1) is 10.2 Å². The maximum absolute atomic E-state index is 4.26. The second-order valence-electron chi connectivity index (χ2n) is 6.08. The van der Waals surface area contributed by atoms with Crippen molar-refractivity contribution in [2.45, 2.75) is 45.9 Å². The third-order valence-electron chi connectivity index (χ3n) is 4.18. The molecule has 126 valence electrons. The van der Waals surface area contributed by atoms with Gasteiger partial charge >= 0.3 is 0 Å². The molecule has 24 heavy (non-hydrogen) atoms. The van der Waals surface area contributed by atoms with Gasteiger partial charge in [-0.1, -0.05) is 30.3 Å². The van der Waals surface area contributed by atoms with Gasteiger partial charge in [0.1, 0.15) is 18.0 Å². The van der Waals surface area contributed by atoms with Crippen molar-refractivity contribution in [1.29, 1.82) is 0 Å². The van der Waals surface area contributed by atoms with Gasteiger partial charge < -0.3 is 14.5 Å². The van der Waals surface area contributed by atoms with Crippen LogP contribution in [0.4, 0.5) is 0 Å².